The van der Waals surface area contributed by atoms with Crippen molar-refractivity contribution in [2.45, 2.75) is 32.2 Å². The lowest BCUT2D eigenvalue weighted by Crippen LogP contribution is -2.23. The van der Waals surface area contributed by atoms with Crippen molar-refractivity contribution in [3.63, 3.8) is 0 Å². The Labute approximate surface area is 99.8 Å². The Hall–Kier alpha value is -1.77. The summed E-state index contributed by atoms with van der Waals surface area (Å²) in [5.41, 5.74) is 3.41. The minimum absolute atomic E-state index is 0.0177. The number of allylic oxidation sites excluding steroid dienone is 2. The van der Waals surface area contributed by atoms with E-state index in [0.29, 0.717) is 6.04 Å². The molecule has 17 heavy (non-hydrogen) atoms. The summed E-state index contributed by atoms with van der Waals surface area (Å²) in [6.45, 7) is 2.16. The minimum atomic E-state index is 0.0177. The van der Waals surface area contributed by atoms with E-state index in [0.717, 1.165) is 30.3 Å². The molecule has 1 aromatic heterocycles. The van der Waals surface area contributed by atoms with Crippen molar-refractivity contribution < 1.29 is 0 Å². The molecule has 0 amide bonds. The van der Waals surface area contributed by atoms with Gasteiger partial charge in [-0.15, -0.1) is 0 Å². The van der Waals surface area contributed by atoms with Crippen LogP contribution in [0.3, 0.4) is 0 Å². The predicted molar refractivity (Wildman–Crippen MR) is 69.2 cm³/mol. The van der Waals surface area contributed by atoms with Gasteiger partial charge in [0, 0.05) is 6.04 Å². The van der Waals surface area contributed by atoms with Crippen LogP contribution in [0.4, 0.5) is 0 Å². The average Bonchev–Trinajstić information content (AvgIpc) is 2.66. The van der Waals surface area contributed by atoms with Gasteiger partial charge in [-0.25, -0.2) is 4.79 Å². The van der Waals surface area contributed by atoms with Crippen molar-refractivity contribution in [3.05, 3.63) is 46.4 Å². The van der Waals surface area contributed by atoms with Crippen LogP contribution < -0.4 is 5.69 Å². The molecular weight excluding hydrogens is 212 g/mol. The zero-order valence-electron chi connectivity index (χ0n) is 9.94. The van der Waals surface area contributed by atoms with Crippen molar-refractivity contribution >= 4 is 11.0 Å². The molecule has 0 aliphatic heterocycles. The molecule has 2 aromatic rings. The summed E-state index contributed by atoms with van der Waals surface area (Å²) in [4.78, 5) is 14.9. The Bertz CT molecular complexity index is 633. The molecule has 1 aromatic carbocycles. The van der Waals surface area contributed by atoms with Gasteiger partial charge >= 0.3 is 5.69 Å². The van der Waals surface area contributed by atoms with E-state index < -0.39 is 0 Å². The van der Waals surface area contributed by atoms with Crippen LogP contribution >= 0.6 is 0 Å². The number of rotatable bonds is 1. The average molecular weight is 228 g/mol. The highest BCUT2D eigenvalue weighted by atomic mass is 16.1. The van der Waals surface area contributed by atoms with Crippen LogP contribution in [0.15, 0.2) is 40.7 Å². The summed E-state index contributed by atoms with van der Waals surface area (Å²) in [7, 11) is 0. The second kappa shape index (κ2) is 3.91. The molecule has 3 heteroatoms. The third kappa shape index (κ3) is 1.71. The number of imidazole rings is 1. The zero-order valence-corrected chi connectivity index (χ0v) is 9.94. The number of nitrogens with one attached hydrogen (secondary N) is 1. The van der Waals surface area contributed by atoms with Crippen molar-refractivity contribution in [2.75, 3.05) is 0 Å². The normalized spacial score (nSPS) is 20.5. The molecule has 88 valence electrons. The van der Waals surface area contributed by atoms with Gasteiger partial charge in [0.25, 0.3) is 0 Å². The number of nitrogens with zero attached hydrogens (tertiary/aromatic N) is 1. The molecule has 3 nitrogen and oxygen atoms in total. The number of aromatic amines is 1. The molecule has 0 spiro atoms. The minimum Gasteiger partial charge on any atom is -0.306 e. The lowest BCUT2D eigenvalue weighted by atomic mass is 9.96. The summed E-state index contributed by atoms with van der Waals surface area (Å²) in [5, 5.41) is 0. The number of fused-ring (bicyclic) bond motifs is 1. The topological polar surface area (TPSA) is 37.8 Å². The van der Waals surface area contributed by atoms with Crippen LogP contribution in [0.5, 0.6) is 0 Å². The van der Waals surface area contributed by atoms with Crippen molar-refractivity contribution in [2.24, 2.45) is 0 Å². The molecule has 3 rings (SSSR count). The zero-order chi connectivity index (χ0) is 11.8. The molecule has 1 N–H and O–H groups in total. The van der Waals surface area contributed by atoms with E-state index in [-0.39, 0.29) is 5.69 Å². The van der Waals surface area contributed by atoms with E-state index in [1.54, 1.807) is 0 Å². The number of hydrogen-bond donors (Lipinski definition) is 1. The van der Waals surface area contributed by atoms with Gasteiger partial charge in [-0.1, -0.05) is 23.8 Å². The Balaban J connectivity index is 2.11. The van der Waals surface area contributed by atoms with Gasteiger partial charge in [-0.05, 0) is 38.3 Å². The van der Waals surface area contributed by atoms with E-state index >= 15 is 0 Å². The standard InChI is InChI=1S/C14H16N2O/c1-10-6-8-11(9-7-10)16-13-5-3-2-4-12(13)15-14(16)17/h2-6,11H,7-9H2,1H3,(H,15,17). The molecule has 0 radical (unpaired) electrons. The first-order chi connectivity index (χ1) is 8.25. The maximum Gasteiger partial charge on any atom is 0.326 e. The second-order valence-corrected chi connectivity index (χ2v) is 4.80. The molecule has 0 bridgehead atoms. The molecule has 1 aliphatic carbocycles. The van der Waals surface area contributed by atoms with Crippen LogP contribution in [0.25, 0.3) is 11.0 Å². The summed E-state index contributed by atoms with van der Waals surface area (Å²) in [6.07, 6.45) is 5.37. The molecule has 1 heterocycles. The van der Waals surface area contributed by atoms with Gasteiger partial charge in [0.05, 0.1) is 11.0 Å². The van der Waals surface area contributed by atoms with Gasteiger partial charge in [-0.2, -0.15) is 0 Å². The van der Waals surface area contributed by atoms with Crippen molar-refractivity contribution in [1.82, 2.24) is 9.55 Å². The van der Waals surface area contributed by atoms with E-state index in [4.69, 9.17) is 0 Å². The quantitative estimate of drug-likeness (QED) is 0.748. The van der Waals surface area contributed by atoms with Gasteiger partial charge in [-0.3, -0.25) is 4.57 Å². The van der Waals surface area contributed by atoms with Crippen molar-refractivity contribution in [1.29, 1.82) is 0 Å². The first kappa shape index (κ1) is 10.4. The Morgan fingerprint density at radius 3 is 2.94 bits per heavy atom. The SMILES string of the molecule is CC1=CCC(n2c(=O)[nH]c3ccccc32)CC1. The molecule has 1 unspecified atom stereocenters. The molecule has 1 aliphatic rings. The molecular formula is C14H16N2O. The first-order valence-electron chi connectivity index (χ1n) is 6.10. The van der Waals surface area contributed by atoms with Gasteiger partial charge < -0.3 is 4.98 Å². The van der Waals surface area contributed by atoms with E-state index in [1.807, 2.05) is 28.8 Å². The van der Waals surface area contributed by atoms with Gasteiger partial charge in [0.2, 0.25) is 0 Å². The molecule has 0 saturated heterocycles. The lowest BCUT2D eigenvalue weighted by molar-refractivity contribution is 0.452. The van der Waals surface area contributed by atoms with E-state index in [1.165, 1.54) is 5.57 Å². The maximum atomic E-state index is 12.0. The number of para-hydroxylation sites is 2. The predicted octanol–water partition coefficient (Wildman–Crippen LogP) is 3.00. The summed E-state index contributed by atoms with van der Waals surface area (Å²) >= 11 is 0. The summed E-state index contributed by atoms with van der Waals surface area (Å²) in [6, 6.07) is 8.21. The van der Waals surface area contributed by atoms with Crippen molar-refractivity contribution in [3.8, 4) is 0 Å². The molecule has 0 fully saturated rings. The van der Waals surface area contributed by atoms with E-state index in [2.05, 4.69) is 18.0 Å². The van der Waals surface area contributed by atoms with Crippen LogP contribution in [-0.2, 0) is 0 Å². The number of benzene rings is 1. The third-order valence-electron chi connectivity index (χ3n) is 3.60. The van der Waals surface area contributed by atoms with Crippen LogP contribution in [0, 0.1) is 0 Å². The smallest absolute Gasteiger partial charge is 0.306 e. The fourth-order valence-electron chi connectivity index (χ4n) is 2.62. The largest absolute Gasteiger partial charge is 0.326 e. The van der Waals surface area contributed by atoms with E-state index in [9.17, 15) is 4.79 Å². The van der Waals surface area contributed by atoms with Gasteiger partial charge in [0.1, 0.15) is 0 Å². The fourth-order valence-corrected chi connectivity index (χ4v) is 2.62. The lowest BCUT2D eigenvalue weighted by Gasteiger charge is -2.21. The monoisotopic (exact) mass is 228 g/mol. The fraction of sp³-hybridized carbons (Fsp3) is 0.357. The Morgan fingerprint density at radius 1 is 1.35 bits per heavy atom. The second-order valence-electron chi connectivity index (χ2n) is 4.80. The number of aromatic nitrogens is 2. The highest BCUT2D eigenvalue weighted by molar-refractivity contribution is 5.75. The van der Waals surface area contributed by atoms with Crippen LogP contribution in [0.2, 0.25) is 0 Å². The third-order valence-corrected chi connectivity index (χ3v) is 3.60. The van der Waals surface area contributed by atoms with Gasteiger partial charge in [0.15, 0.2) is 0 Å². The van der Waals surface area contributed by atoms with Crippen LogP contribution in [-0.4, -0.2) is 9.55 Å². The molecule has 1 atom stereocenters. The Morgan fingerprint density at radius 2 is 2.18 bits per heavy atom. The highest BCUT2D eigenvalue weighted by Crippen LogP contribution is 2.28. The molecule has 0 saturated carbocycles. The number of H-pyrrole nitrogens is 1. The summed E-state index contributed by atoms with van der Waals surface area (Å²) < 4.78 is 1.91. The first-order valence-corrected chi connectivity index (χ1v) is 6.10. The summed E-state index contributed by atoms with van der Waals surface area (Å²) in [5.74, 6) is 0. The maximum absolute atomic E-state index is 12.0. The number of hydrogen-bond acceptors (Lipinski definition) is 1. The highest BCUT2D eigenvalue weighted by Gasteiger charge is 2.18. The Kier molecular flexibility index (Phi) is 2.39. The van der Waals surface area contributed by atoms with Crippen LogP contribution in [0.1, 0.15) is 32.2 Å².